The van der Waals surface area contributed by atoms with Crippen LogP contribution in [0.25, 0.3) is 0 Å². The van der Waals surface area contributed by atoms with Gasteiger partial charge in [0.15, 0.2) is 0 Å². The molecule has 22 heavy (non-hydrogen) atoms. The molecule has 2 unspecified atom stereocenters. The minimum atomic E-state index is -0.437. The molecule has 0 saturated heterocycles. The van der Waals surface area contributed by atoms with Gasteiger partial charge in [-0.05, 0) is 19.8 Å². The van der Waals surface area contributed by atoms with Crippen molar-refractivity contribution in [2.45, 2.75) is 65.5 Å². The normalized spacial score (nSPS) is 12.9. The molecule has 6 heteroatoms. The first-order valence-electron chi connectivity index (χ1n) is 7.63. The molecule has 126 valence electrons. The van der Waals surface area contributed by atoms with Crippen molar-refractivity contribution in [1.29, 1.82) is 0 Å². The molecule has 0 aromatic heterocycles. The van der Waals surface area contributed by atoms with Gasteiger partial charge in [0.05, 0.1) is 6.61 Å². The van der Waals surface area contributed by atoms with E-state index in [4.69, 9.17) is 4.74 Å². The fourth-order valence-corrected chi connectivity index (χ4v) is 2.18. The number of nitrogens with one attached hydrogen (secondary N) is 2. The number of carbonyl (C=O) groups excluding carboxylic acids is 3. The Morgan fingerprint density at radius 3 is 1.91 bits per heavy atom. The van der Waals surface area contributed by atoms with Gasteiger partial charge in [-0.25, -0.2) is 4.79 Å². The van der Waals surface area contributed by atoms with Crippen LogP contribution in [0.4, 0.5) is 0 Å². The molecule has 2 atom stereocenters. The smallest absolute Gasteiger partial charge is 0.333 e. The summed E-state index contributed by atoms with van der Waals surface area (Å²) in [5.41, 5.74) is 0.346. The van der Waals surface area contributed by atoms with E-state index in [1.165, 1.54) is 13.8 Å². The minimum absolute atomic E-state index is 0.00353. The highest BCUT2D eigenvalue weighted by Crippen LogP contribution is 2.09. The van der Waals surface area contributed by atoms with E-state index < -0.39 is 5.97 Å². The van der Waals surface area contributed by atoms with Crippen molar-refractivity contribution in [3.05, 3.63) is 12.2 Å². The predicted molar refractivity (Wildman–Crippen MR) is 85.1 cm³/mol. The Hall–Kier alpha value is -1.85. The zero-order chi connectivity index (χ0) is 17.1. The average molecular weight is 312 g/mol. The van der Waals surface area contributed by atoms with Crippen LogP contribution in [0, 0.1) is 0 Å². The number of ether oxygens (including phenoxy) is 1. The third-order valence-electron chi connectivity index (χ3n) is 3.07. The first-order valence-corrected chi connectivity index (χ1v) is 7.63. The summed E-state index contributed by atoms with van der Waals surface area (Å²) in [5, 5.41) is 5.73. The molecular weight excluding hydrogens is 284 g/mol. The Balaban J connectivity index is 4.52. The predicted octanol–water partition coefficient (Wildman–Crippen LogP) is 1.70. The van der Waals surface area contributed by atoms with E-state index in [1.54, 1.807) is 6.92 Å². The van der Waals surface area contributed by atoms with E-state index in [1.807, 2.05) is 6.92 Å². The van der Waals surface area contributed by atoms with Gasteiger partial charge in [0.2, 0.25) is 11.8 Å². The van der Waals surface area contributed by atoms with Gasteiger partial charge in [0, 0.05) is 37.9 Å². The first-order chi connectivity index (χ1) is 10.3. The molecule has 2 amide bonds. The third kappa shape index (κ3) is 9.96. The summed E-state index contributed by atoms with van der Waals surface area (Å²) >= 11 is 0. The number of carbonyl (C=O) groups is 3. The lowest BCUT2D eigenvalue weighted by Crippen LogP contribution is -2.42. The van der Waals surface area contributed by atoms with Crippen molar-refractivity contribution < 1.29 is 19.1 Å². The van der Waals surface area contributed by atoms with Crippen molar-refractivity contribution in [3.8, 4) is 0 Å². The molecule has 0 aliphatic heterocycles. The minimum Gasteiger partial charge on any atom is -0.462 e. The van der Waals surface area contributed by atoms with Crippen molar-refractivity contribution in [1.82, 2.24) is 10.6 Å². The van der Waals surface area contributed by atoms with E-state index in [2.05, 4.69) is 17.2 Å². The summed E-state index contributed by atoms with van der Waals surface area (Å²) in [6.45, 7) is 10.3. The quantitative estimate of drug-likeness (QED) is 0.475. The zero-order valence-electron chi connectivity index (χ0n) is 14.0. The average Bonchev–Trinajstić information content (AvgIpc) is 2.36. The molecule has 2 N–H and O–H groups in total. The molecule has 0 saturated carbocycles. The summed E-state index contributed by atoms with van der Waals surface area (Å²) in [6.07, 6.45) is 2.87. The Morgan fingerprint density at radius 2 is 1.50 bits per heavy atom. The van der Waals surface area contributed by atoms with E-state index in [0.29, 0.717) is 18.4 Å². The van der Waals surface area contributed by atoms with Crippen molar-refractivity contribution >= 4 is 17.8 Å². The Bertz CT molecular complexity index is 407. The summed E-state index contributed by atoms with van der Waals surface area (Å²) in [7, 11) is 0. The maximum atomic E-state index is 11.4. The standard InChI is InChI=1S/C16H28N2O4/c1-6-7-14(17-12(4)19)10-15(18-13(5)20)8-9-22-16(21)11(2)3/h14-15H,2,6-10H2,1,3-5H3,(H,17,19)(H,18,20). The number of amides is 2. The summed E-state index contributed by atoms with van der Waals surface area (Å²) in [5.74, 6) is -0.670. The van der Waals surface area contributed by atoms with Gasteiger partial charge >= 0.3 is 5.97 Å². The third-order valence-corrected chi connectivity index (χ3v) is 3.07. The molecule has 0 bridgehead atoms. The van der Waals surface area contributed by atoms with Gasteiger partial charge in [-0.1, -0.05) is 19.9 Å². The SMILES string of the molecule is C=C(C)C(=O)OCCC(CC(CCC)NC(C)=O)NC(C)=O. The molecule has 0 radical (unpaired) electrons. The lowest BCUT2D eigenvalue weighted by molar-refractivity contribution is -0.139. The van der Waals surface area contributed by atoms with Gasteiger partial charge in [0.25, 0.3) is 0 Å². The molecule has 0 aromatic rings. The molecule has 0 aliphatic carbocycles. The topological polar surface area (TPSA) is 84.5 Å². The maximum Gasteiger partial charge on any atom is 0.333 e. The zero-order valence-corrected chi connectivity index (χ0v) is 14.0. The van der Waals surface area contributed by atoms with Gasteiger partial charge in [-0.3, -0.25) is 9.59 Å². The van der Waals surface area contributed by atoms with Gasteiger partial charge in [-0.15, -0.1) is 0 Å². The van der Waals surface area contributed by atoms with Crippen molar-refractivity contribution in [3.63, 3.8) is 0 Å². The highest BCUT2D eigenvalue weighted by molar-refractivity contribution is 5.86. The van der Waals surface area contributed by atoms with Crippen LogP contribution >= 0.6 is 0 Å². The number of hydrogen-bond donors (Lipinski definition) is 2. The maximum absolute atomic E-state index is 11.4. The van der Waals surface area contributed by atoms with E-state index >= 15 is 0 Å². The second-order valence-electron chi connectivity index (χ2n) is 5.52. The van der Waals surface area contributed by atoms with Crippen LogP contribution in [-0.4, -0.2) is 36.5 Å². The second-order valence-corrected chi connectivity index (χ2v) is 5.52. The fourth-order valence-electron chi connectivity index (χ4n) is 2.18. The number of hydrogen-bond acceptors (Lipinski definition) is 4. The summed E-state index contributed by atoms with van der Waals surface area (Å²) < 4.78 is 5.06. The van der Waals surface area contributed by atoms with Crippen molar-refractivity contribution in [2.24, 2.45) is 0 Å². The second kappa shape index (κ2) is 10.8. The van der Waals surface area contributed by atoms with Crippen LogP contribution < -0.4 is 10.6 Å². The lowest BCUT2D eigenvalue weighted by Gasteiger charge is -2.24. The first kappa shape index (κ1) is 20.1. The van der Waals surface area contributed by atoms with Crippen LogP contribution in [0.1, 0.15) is 53.4 Å². The van der Waals surface area contributed by atoms with E-state index in [-0.39, 0.29) is 30.5 Å². The summed E-state index contributed by atoms with van der Waals surface area (Å²) in [4.78, 5) is 33.9. The molecule has 6 nitrogen and oxygen atoms in total. The largest absolute Gasteiger partial charge is 0.462 e. The Labute approximate surface area is 132 Å². The summed E-state index contributed by atoms with van der Waals surface area (Å²) in [6, 6.07) is -0.157. The Kier molecular flexibility index (Phi) is 9.91. The van der Waals surface area contributed by atoms with Gasteiger partial charge in [-0.2, -0.15) is 0 Å². The molecular formula is C16H28N2O4. The number of esters is 1. The van der Waals surface area contributed by atoms with Crippen LogP contribution in [0.3, 0.4) is 0 Å². The van der Waals surface area contributed by atoms with Crippen LogP contribution in [0.2, 0.25) is 0 Å². The molecule has 0 aromatic carbocycles. The Morgan fingerprint density at radius 1 is 1.00 bits per heavy atom. The molecule has 0 heterocycles. The monoisotopic (exact) mass is 312 g/mol. The fraction of sp³-hybridized carbons (Fsp3) is 0.688. The van der Waals surface area contributed by atoms with Gasteiger partial charge < -0.3 is 15.4 Å². The van der Waals surface area contributed by atoms with Crippen LogP contribution in [0.15, 0.2) is 12.2 Å². The highest BCUT2D eigenvalue weighted by atomic mass is 16.5. The highest BCUT2D eigenvalue weighted by Gasteiger charge is 2.18. The van der Waals surface area contributed by atoms with Crippen LogP contribution in [0.5, 0.6) is 0 Å². The molecule has 0 rings (SSSR count). The van der Waals surface area contributed by atoms with Crippen molar-refractivity contribution in [2.75, 3.05) is 6.61 Å². The molecule has 0 fully saturated rings. The van der Waals surface area contributed by atoms with E-state index in [0.717, 1.165) is 12.8 Å². The molecule has 0 spiro atoms. The van der Waals surface area contributed by atoms with Gasteiger partial charge in [0.1, 0.15) is 0 Å². The van der Waals surface area contributed by atoms with Crippen LogP contribution in [-0.2, 0) is 19.1 Å². The lowest BCUT2D eigenvalue weighted by atomic mass is 10.0. The number of rotatable bonds is 10. The molecule has 0 aliphatic rings. The van der Waals surface area contributed by atoms with E-state index in [9.17, 15) is 14.4 Å².